The third-order valence-electron chi connectivity index (χ3n) is 5.55. The number of anilines is 2. The second kappa shape index (κ2) is 7.93. The van der Waals surface area contributed by atoms with Gasteiger partial charge in [-0.2, -0.15) is 5.10 Å². The molecule has 0 bridgehead atoms. The number of amides is 2. The molecule has 2 aliphatic rings. The summed E-state index contributed by atoms with van der Waals surface area (Å²) in [6.07, 6.45) is 0.0743. The van der Waals surface area contributed by atoms with Crippen LogP contribution in [0, 0.1) is 23.0 Å². The highest BCUT2D eigenvalue weighted by Gasteiger charge is 2.36. The van der Waals surface area contributed by atoms with E-state index < -0.39 is 10.8 Å². The van der Waals surface area contributed by atoms with Crippen molar-refractivity contribution in [3.63, 3.8) is 0 Å². The molecule has 11 heteroatoms. The summed E-state index contributed by atoms with van der Waals surface area (Å²) in [5.41, 5.74) is 1.83. The molecule has 11 nitrogen and oxygen atoms in total. The molecular weight excluding hydrogens is 430 g/mol. The summed E-state index contributed by atoms with van der Waals surface area (Å²) >= 11 is 0. The summed E-state index contributed by atoms with van der Waals surface area (Å²) in [6.45, 7) is 2.15. The predicted octanol–water partition coefficient (Wildman–Crippen LogP) is 2.81. The van der Waals surface area contributed by atoms with Crippen LogP contribution in [0.5, 0.6) is 11.5 Å². The lowest BCUT2D eigenvalue weighted by Crippen LogP contribution is -2.28. The van der Waals surface area contributed by atoms with Gasteiger partial charge < -0.3 is 19.7 Å². The van der Waals surface area contributed by atoms with Gasteiger partial charge in [-0.05, 0) is 31.2 Å². The Labute approximate surface area is 187 Å². The number of benzene rings is 2. The van der Waals surface area contributed by atoms with Gasteiger partial charge in [0.25, 0.3) is 5.69 Å². The van der Waals surface area contributed by atoms with E-state index in [4.69, 9.17) is 9.47 Å². The van der Waals surface area contributed by atoms with E-state index in [0.29, 0.717) is 34.4 Å². The van der Waals surface area contributed by atoms with Crippen molar-refractivity contribution in [2.24, 2.45) is 5.92 Å². The Morgan fingerprint density at radius 3 is 2.61 bits per heavy atom. The minimum Gasteiger partial charge on any atom is -0.454 e. The molecular formula is C22H19N5O6. The number of aromatic nitrogens is 2. The largest absolute Gasteiger partial charge is 0.454 e. The molecule has 1 saturated heterocycles. The Morgan fingerprint density at radius 2 is 1.85 bits per heavy atom. The number of carbonyl (C=O) groups excluding carboxylic acids is 2. The van der Waals surface area contributed by atoms with E-state index in [1.54, 1.807) is 48.2 Å². The number of rotatable bonds is 5. The van der Waals surface area contributed by atoms with E-state index in [0.717, 1.165) is 0 Å². The molecule has 2 amide bonds. The monoisotopic (exact) mass is 449 g/mol. The highest BCUT2D eigenvalue weighted by atomic mass is 16.7. The average Bonchev–Trinajstić information content (AvgIpc) is 3.51. The Morgan fingerprint density at radius 1 is 1.12 bits per heavy atom. The van der Waals surface area contributed by atoms with Crippen LogP contribution in [0.25, 0.3) is 5.69 Å². The van der Waals surface area contributed by atoms with Crippen molar-refractivity contribution in [1.82, 2.24) is 9.78 Å². The molecule has 2 aromatic carbocycles. The van der Waals surface area contributed by atoms with Gasteiger partial charge in [-0.1, -0.05) is 0 Å². The first-order chi connectivity index (χ1) is 15.9. The van der Waals surface area contributed by atoms with Crippen molar-refractivity contribution in [3.05, 3.63) is 64.3 Å². The Bertz CT molecular complexity index is 1270. The van der Waals surface area contributed by atoms with E-state index in [1.165, 1.54) is 16.8 Å². The zero-order valence-corrected chi connectivity index (χ0v) is 17.6. The zero-order chi connectivity index (χ0) is 23.1. The quantitative estimate of drug-likeness (QED) is 0.468. The number of hydrogen-bond acceptors (Lipinski definition) is 7. The number of ether oxygens (including phenoxy) is 2. The Kier molecular flexibility index (Phi) is 4.93. The van der Waals surface area contributed by atoms with Crippen LogP contribution in [0.15, 0.2) is 48.5 Å². The molecule has 1 fully saturated rings. The molecule has 1 unspecified atom stereocenters. The van der Waals surface area contributed by atoms with Crippen molar-refractivity contribution in [3.8, 4) is 17.2 Å². The van der Waals surface area contributed by atoms with Crippen LogP contribution < -0.4 is 19.7 Å². The summed E-state index contributed by atoms with van der Waals surface area (Å²) in [5, 5.41) is 18.1. The molecule has 33 heavy (non-hydrogen) atoms. The maximum atomic E-state index is 13.0. The van der Waals surface area contributed by atoms with Gasteiger partial charge in [0, 0.05) is 42.9 Å². The lowest BCUT2D eigenvalue weighted by molar-refractivity contribution is -0.384. The molecule has 0 saturated carbocycles. The maximum Gasteiger partial charge on any atom is 0.269 e. The zero-order valence-electron chi connectivity index (χ0n) is 17.6. The van der Waals surface area contributed by atoms with E-state index >= 15 is 0 Å². The number of nitrogens with one attached hydrogen (secondary N) is 1. The number of nitro benzene ring substituents is 1. The fourth-order valence-electron chi connectivity index (χ4n) is 3.92. The van der Waals surface area contributed by atoms with Crippen LogP contribution >= 0.6 is 0 Å². The summed E-state index contributed by atoms with van der Waals surface area (Å²) in [6, 6.07) is 12.8. The van der Waals surface area contributed by atoms with Gasteiger partial charge in [0.1, 0.15) is 5.82 Å². The van der Waals surface area contributed by atoms with Gasteiger partial charge in [-0.3, -0.25) is 19.7 Å². The first kappa shape index (κ1) is 20.5. The number of fused-ring (bicyclic) bond motifs is 1. The minimum absolute atomic E-state index is 0.0405. The second-order valence-corrected chi connectivity index (χ2v) is 7.79. The first-order valence-electron chi connectivity index (χ1n) is 10.2. The van der Waals surface area contributed by atoms with Crippen LogP contribution in [-0.4, -0.2) is 39.9 Å². The minimum atomic E-state index is -0.552. The lowest BCUT2D eigenvalue weighted by Gasteiger charge is -2.17. The molecule has 3 aromatic rings. The molecule has 168 valence electrons. The second-order valence-electron chi connectivity index (χ2n) is 7.79. The molecule has 1 atom stereocenters. The normalized spacial score (nSPS) is 16.8. The van der Waals surface area contributed by atoms with E-state index in [1.807, 2.05) is 0 Å². The van der Waals surface area contributed by atoms with Gasteiger partial charge in [0.15, 0.2) is 11.5 Å². The lowest BCUT2D eigenvalue weighted by atomic mass is 10.1. The standard InChI is InChI=1S/C22H19N5O6/c1-13-8-20(26(24-13)15-2-4-16(5-3-15)27(30)31)23-22(29)14-9-21(28)25(11-14)17-6-7-18-19(10-17)33-12-32-18/h2-8,10,14H,9,11-12H2,1H3,(H,23,29). The molecule has 0 spiro atoms. The van der Waals surface area contributed by atoms with Crippen molar-refractivity contribution in [2.45, 2.75) is 13.3 Å². The molecule has 0 aliphatic carbocycles. The maximum absolute atomic E-state index is 13.0. The highest BCUT2D eigenvalue weighted by Crippen LogP contribution is 2.37. The fourth-order valence-corrected chi connectivity index (χ4v) is 3.92. The van der Waals surface area contributed by atoms with Gasteiger partial charge in [-0.15, -0.1) is 0 Å². The summed E-state index contributed by atoms with van der Waals surface area (Å²) in [5.74, 6) is 0.581. The van der Waals surface area contributed by atoms with E-state index in [9.17, 15) is 19.7 Å². The Balaban J connectivity index is 1.32. The van der Waals surface area contributed by atoms with Gasteiger partial charge in [0.05, 0.1) is 22.2 Å². The van der Waals surface area contributed by atoms with Crippen LogP contribution in [0.4, 0.5) is 17.2 Å². The fraction of sp³-hybridized carbons (Fsp3) is 0.227. The van der Waals surface area contributed by atoms with Gasteiger partial charge >= 0.3 is 0 Å². The Hall–Kier alpha value is -4.41. The van der Waals surface area contributed by atoms with Crippen LogP contribution in [-0.2, 0) is 9.59 Å². The number of hydrogen-bond donors (Lipinski definition) is 1. The van der Waals surface area contributed by atoms with Crippen molar-refractivity contribution >= 4 is 29.0 Å². The molecule has 1 aromatic heterocycles. The van der Waals surface area contributed by atoms with Crippen LogP contribution in [0.1, 0.15) is 12.1 Å². The number of non-ortho nitro benzene ring substituents is 1. The third kappa shape index (κ3) is 3.84. The first-order valence-corrected chi connectivity index (χ1v) is 10.2. The van der Waals surface area contributed by atoms with Crippen molar-refractivity contribution in [1.29, 1.82) is 0 Å². The van der Waals surface area contributed by atoms with E-state index in [2.05, 4.69) is 10.4 Å². The smallest absolute Gasteiger partial charge is 0.269 e. The number of nitro groups is 1. The number of carbonyl (C=O) groups is 2. The van der Waals surface area contributed by atoms with Crippen molar-refractivity contribution in [2.75, 3.05) is 23.6 Å². The van der Waals surface area contributed by atoms with Gasteiger partial charge in [-0.25, -0.2) is 4.68 Å². The van der Waals surface area contributed by atoms with Crippen molar-refractivity contribution < 1.29 is 24.0 Å². The van der Waals surface area contributed by atoms with E-state index in [-0.39, 0.29) is 37.3 Å². The van der Waals surface area contributed by atoms with Gasteiger partial charge in [0.2, 0.25) is 18.6 Å². The SMILES string of the molecule is Cc1cc(NC(=O)C2CC(=O)N(c3ccc4c(c3)OCO4)C2)n(-c2ccc([N+](=O)[O-])cc2)n1. The topological polar surface area (TPSA) is 129 Å². The highest BCUT2D eigenvalue weighted by molar-refractivity contribution is 6.03. The molecule has 5 rings (SSSR count). The number of nitrogens with zero attached hydrogens (tertiary/aromatic N) is 4. The molecule has 1 N–H and O–H groups in total. The molecule has 3 heterocycles. The number of aryl methyl sites for hydroxylation is 1. The van der Waals surface area contributed by atoms with Crippen LogP contribution in [0.2, 0.25) is 0 Å². The molecule has 2 aliphatic heterocycles. The summed E-state index contributed by atoms with van der Waals surface area (Å²) in [4.78, 5) is 37.6. The summed E-state index contributed by atoms with van der Waals surface area (Å²) in [7, 11) is 0. The summed E-state index contributed by atoms with van der Waals surface area (Å²) < 4.78 is 12.2. The molecule has 0 radical (unpaired) electrons. The predicted molar refractivity (Wildman–Crippen MR) is 117 cm³/mol. The van der Waals surface area contributed by atoms with Crippen LogP contribution in [0.3, 0.4) is 0 Å². The third-order valence-corrected chi connectivity index (χ3v) is 5.55. The average molecular weight is 449 g/mol.